The molecule has 2 heterocycles. The van der Waals surface area contributed by atoms with Gasteiger partial charge in [-0.15, -0.1) is 11.3 Å². The molecule has 0 aliphatic rings. The van der Waals surface area contributed by atoms with Crippen molar-refractivity contribution in [2.24, 2.45) is 0 Å². The molecule has 0 spiro atoms. The van der Waals surface area contributed by atoms with Crippen LogP contribution in [0.25, 0.3) is 0 Å². The summed E-state index contributed by atoms with van der Waals surface area (Å²) in [6.07, 6.45) is 0. The van der Waals surface area contributed by atoms with Crippen LogP contribution in [-0.2, 0) is 11.0 Å². The predicted molar refractivity (Wildman–Crippen MR) is 92.2 cm³/mol. The second-order valence-corrected chi connectivity index (χ2v) is 8.41. The maximum absolute atomic E-state index is 4.40. The summed E-state index contributed by atoms with van der Waals surface area (Å²) in [6.45, 7) is 19.2. The van der Waals surface area contributed by atoms with Crippen molar-refractivity contribution in [3.63, 3.8) is 0 Å². The van der Waals surface area contributed by atoms with Crippen LogP contribution in [0.2, 0.25) is 0 Å². The minimum Gasteiger partial charge on any atom is -0.264 e. The molecule has 0 atom stereocenters. The van der Waals surface area contributed by atoms with Crippen molar-refractivity contribution in [2.45, 2.75) is 73.3 Å². The lowest BCUT2D eigenvalue weighted by atomic mass is 9.98. The van der Waals surface area contributed by atoms with Gasteiger partial charge in [-0.05, 0) is 47.6 Å². The fourth-order valence-electron chi connectivity index (χ4n) is 2.01. The molecule has 118 valence electrons. The molecular weight excluding hydrogens is 278 g/mol. The van der Waals surface area contributed by atoms with E-state index >= 15 is 0 Å². The highest BCUT2D eigenvalue weighted by Gasteiger charge is 2.17. The molecule has 0 N–H and O–H groups in total. The van der Waals surface area contributed by atoms with E-state index in [4.69, 9.17) is 0 Å². The third kappa shape index (κ3) is 5.27. The largest absolute Gasteiger partial charge is 0.264 e. The van der Waals surface area contributed by atoms with Crippen LogP contribution in [0.3, 0.4) is 0 Å². The van der Waals surface area contributed by atoms with Gasteiger partial charge in [0.05, 0.1) is 16.2 Å². The lowest BCUT2D eigenvalue weighted by Crippen LogP contribution is -2.24. The molecule has 0 aromatic carbocycles. The van der Waals surface area contributed by atoms with E-state index in [0.29, 0.717) is 0 Å². The van der Waals surface area contributed by atoms with Crippen LogP contribution in [-0.4, -0.2) is 14.8 Å². The Morgan fingerprint density at radius 1 is 0.952 bits per heavy atom. The zero-order chi connectivity index (χ0) is 16.4. The summed E-state index contributed by atoms with van der Waals surface area (Å²) in [4.78, 5) is 4.40. The second kappa shape index (κ2) is 6.30. The fourth-order valence-corrected chi connectivity index (χ4v) is 2.89. The Bertz CT molecular complexity index is 580. The molecule has 2 aromatic heterocycles. The first-order valence-electron chi connectivity index (χ1n) is 7.37. The van der Waals surface area contributed by atoms with E-state index in [-0.39, 0.29) is 11.0 Å². The molecular formula is C17H29N3S. The van der Waals surface area contributed by atoms with Gasteiger partial charge in [0.2, 0.25) is 0 Å². The topological polar surface area (TPSA) is 30.7 Å². The van der Waals surface area contributed by atoms with Crippen molar-refractivity contribution in [2.75, 3.05) is 0 Å². The molecule has 3 nitrogen and oxygen atoms in total. The van der Waals surface area contributed by atoms with Crippen LogP contribution in [0, 0.1) is 20.8 Å². The lowest BCUT2D eigenvalue weighted by Gasteiger charge is -2.21. The first-order valence-corrected chi connectivity index (χ1v) is 8.25. The van der Waals surface area contributed by atoms with Gasteiger partial charge in [0.15, 0.2) is 0 Å². The van der Waals surface area contributed by atoms with E-state index in [1.54, 1.807) is 11.3 Å². The first kappa shape index (κ1) is 17.9. The number of aryl methyl sites for hydroxylation is 3. The molecule has 0 radical (unpaired) electrons. The summed E-state index contributed by atoms with van der Waals surface area (Å²) in [5.41, 5.74) is 3.79. The van der Waals surface area contributed by atoms with Crippen molar-refractivity contribution in [3.8, 4) is 0 Å². The minimum absolute atomic E-state index is 0.109. The quantitative estimate of drug-likeness (QED) is 0.685. The van der Waals surface area contributed by atoms with Gasteiger partial charge >= 0.3 is 0 Å². The highest BCUT2D eigenvalue weighted by Crippen LogP contribution is 2.24. The summed E-state index contributed by atoms with van der Waals surface area (Å²) in [5.74, 6) is 0. The molecule has 0 fully saturated rings. The molecule has 0 amide bonds. The SMILES string of the molecule is Cc1cc(C)n(C(C)(C)C)n1.Cc1csc(C(C)(C)C)n1. The molecule has 0 aliphatic heterocycles. The molecule has 0 saturated carbocycles. The van der Waals surface area contributed by atoms with Gasteiger partial charge in [-0.2, -0.15) is 5.10 Å². The monoisotopic (exact) mass is 307 g/mol. The number of nitrogens with zero attached hydrogens (tertiary/aromatic N) is 3. The van der Waals surface area contributed by atoms with Crippen molar-refractivity contribution >= 4 is 11.3 Å². The smallest absolute Gasteiger partial charge is 0.0981 e. The number of thiazole rings is 1. The fraction of sp³-hybridized carbons (Fsp3) is 0.647. The molecule has 0 saturated heterocycles. The molecule has 2 rings (SSSR count). The standard InChI is InChI=1S/C9H16N2.C8H13NS/c1-7-6-8(2)11(10-7)9(3,4)5;1-6-5-10-7(9-6)8(2,3)4/h6H,1-5H3;5H,1-4H3. The Morgan fingerprint density at radius 2 is 1.52 bits per heavy atom. The van der Waals surface area contributed by atoms with Gasteiger partial charge in [0.1, 0.15) is 0 Å². The zero-order valence-electron chi connectivity index (χ0n) is 14.9. The van der Waals surface area contributed by atoms with Gasteiger partial charge in [-0.1, -0.05) is 20.8 Å². The summed E-state index contributed by atoms with van der Waals surface area (Å²) in [6, 6.07) is 2.10. The van der Waals surface area contributed by atoms with Crippen LogP contribution < -0.4 is 0 Å². The van der Waals surface area contributed by atoms with Crippen LogP contribution in [0.4, 0.5) is 0 Å². The predicted octanol–water partition coefficient (Wildman–Crippen LogP) is 5.00. The van der Waals surface area contributed by atoms with Gasteiger partial charge < -0.3 is 0 Å². The first-order chi connectivity index (χ1) is 9.41. The Hall–Kier alpha value is -1.16. The van der Waals surface area contributed by atoms with E-state index < -0.39 is 0 Å². The number of rotatable bonds is 0. The Morgan fingerprint density at radius 3 is 1.71 bits per heavy atom. The molecule has 4 heteroatoms. The Balaban J connectivity index is 0.000000211. The van der Waals surface area contributed by atoms with Gasteiger partial charge in [0, 0.05) is 22.2 Å². The summed E-state index contributed by atoms with van der Waals surface area (Å²) < 4.78 is 2.06. The normalized spacial score (nSPS) is 12.0. The maximum Gasteiger partial charge on any atom is 0.0981 e. The van der Waals surface area contributed by atoms with Crippen molar-refractivity contribution in [3.05, 3.63) is 33.5 Å². The van der Waals surface area contributed by atoms with Crippen LogP contribution in [0.1, 0.15) is 63.6 Å². The summed E-state index contributed by atoms with van der Waals surface area (Å²) >= 11 is 1.75. The van der Waals surface area contributed by atoms with Gasteiger partial charge in [-0.3, -0.25) is 4.68 Å². The Labute approximate surface area is 133 Å². The molecule has 21 heavy (non-hydrogen) atoms. The van der Waals surface area contributed by atoms with Gasteiger partial charge in [-0.25, -0.2) is 4.98 Å². The lowest BCUT2D eigenvalue weighted by molar-refractivity contribution is 0.346. The van der Waals surface area contributed by atoms with Crippen LogP contribution >= 0.6 is 11.3 Å². The van der Waals surface area contributed by atoms with Crippen molar-refractivity contribution in [1.82, 2.24) is 14.8 Å². The summed E-state index contributed by atoms with van der Waals surface area (Å²) in [7, 11) is 0. The molecule has 2 aromatic rings. The molecule has 0 unspecified atom stereocenters. The Kier molecular flexibility index (Phi) is 5.37. The average molecular weight is 308 g/mol. The molecule has 0 aliphatic carbocycles. The van der Waals surface area contributed by atoms with E-state index in [1.165, 1.54) is 10.7 Å². The van der Waals surface area contributed by atoms with Gasteiger partial charge in [0.25, 0.3) is 0 Å². The van der Waals surface area contributed by atoms with Crippen molar-refractivity contribution < 1.29 is 0 Å². The van der Waals surface area contributed by atoms with E-state index in [0.717, 1.165) is 11.4 Å². The highest BCUT2D eigenvalue weighted by atomic mass is 32.1. The summed E-state index contributed by atoms with van der Waals surface area (Å²) in [5, 5.41) is 7.72. The number of aromatic nitrogens is 3. The van der Waals surface area contributed by atoms with Crippen LogP contribution in [0.5, 0.6) is 0 Å². The maximum atomic E-state index is 4.40. The third-order valence-electron chi connectivity index (χ3n) is 2.91. The highest BCUT2D eigenvalue weighted by molar-refractivity contribution is 7.09. The van der Waals surface area contributed by atoms with E-state index in [2.05, 4.69) is 74.7 Å². The average Bonchev–Trinajstić information content (AvgIpc) is 2.84. The van der Waals surface area contributed by atoms with E-state index in [1.807, 2.05) is 13.8 Å². The minimum atomic E-state index is 0.109. The zero-order valence-corrected chi connectivity index (χ0v) is 15.7. The van der Waals surface area contributed by atoms with E-state index in [9.17, 15) is 0 Å². The second-order valence-electron chi connectivity index (χ2n) is 7.55. The number of hydrogen-bond donors (Lipinski definition) is 0. The number of hydrogen-bond acceptors (Lipinski definition) is 3. The third-order valence-corrected chi connectivity index (χ3v) is 4.29. The molecule has 0 bridgehead atoms. The van der Waals surface area contributed by atoms with Crippen LogP contribution in [0.15, 0.2) is 11.4 Å². The van der Waals surface area contributed by atoms with Crippen molar-refractivity contribution in [1.29, 1.82) is 0 Å².